The topological polar surface area (TPSA) is 3.24 Å². The van der Waals surface area contributed by atoms with Crippen molar-refractivity contribution in [2.75, 3.05) is 4.90 Å². The average molecular weight is 756 g/mol. The van der Waals surface area contributed by atoms with Crippen LogP contribution in [0.3, 0.4) is 0 Å². The maximum Gasteiger partial charge on any atom is 0.0508 e. The molecule has 59 heavy (non-hydrogen) atoms. The molecule has 1 heteroatoms. The van der Waals surface area contributed by atoms with Crippen LogP contribution in [0.4, 0.5) is 17.1 Å². The molecular weight excluding hydrogens is 711 g/mol. The molecule has 0 aromatic heterocycles. The Kier molecular flexibility index (Phi) is 7.94. The molecule has 0 amide bonds. The lowest BCUT2D eigenvalue weighted by molar-refractivity contribution is 0.645. The van der Waals surface area contributed by atoms with Gasteiger partial charge in [-0.3, -0.25) is 0 Å². The summed E-state index contributed by atoms with van der Waals surface area (Å²) < 4.78 is 0. The van der Waals surface area contributed by atoms with Crippen LogP contribution in [-0.2, 0) is 10.8 Å². The van der Waals surface area contributed by atoms with E-state index in [-0.39, 0.29) is 10.8 Å². The molecule has 0 bridgehead atoms. The lowest BCUT2D eigenvalue weighted by Gasteiger charge is -2.40. The first-order valence-corrected chi connectivity index (χ1v) is 20.8. The molecule has 0 unspecified atom stereocenters. The summed E-state index contributed by atoms with van der Waals surface area (Å²) >= 11 is 0. The van der Waals surface area contributed by atoms with Gasteiger partial charge in [0, 0.05) is 22.2 Å². The van der Waals surface area contributed by atoms with E-state index in [1.165, 1.54) is 94.3 Å². The molecule has 0 fully saturated rings. The standard InChI is InChI=1S/C58H45N/c1-57(2)50-22-12-11-20-47(50)48-36-34-45(37-52(48)57)59(44-32-29-41(30-33-44)40-27-25-39(26-28-40)38-15-7-5-8-16-38)53-24-14-21-49-55-46(42-17-9-6-10-18-42)35-31-43-19-13-23-51(54(43)55)58(3,4)56(49)53/h5-37H,1-4H3. The van der Waals surface area contributed by atoms with Gasteiger partial charge in [0.15, 0.2) is 0 Å². The zero-order chi connectivity index (χ0) is 39.9. The van der Waals surface area contributed by atoms with Crippen molar-refractivity contribution >= 4 is 27.8 Å². The number of fused-ring (bicyclic) bond motifs is 5. The zero-order valence-electron chi connectivity index (χ0n) is 34.0. The van der Waals surface area contributed by atoms with Gasteiger partial charge < -0.3 is 4.90 Å². The Hall–Kier alpha value is -6.96. The molecule has 0 N–H and O–H groups in total. The van der Waals surface area contributed by atoms with Gasteiger partial charge in [-0.05, 0) is 119 Å². The summed E-state index contributed by atoms with van der Waals surface area (Å²) in [6.45, 7) is 9.59. The summed E-state index contributed by atoms with van der Waals surface area (Å²) in [6, 6.07) is 74.2. The largest absolute Gasteiger partial charge is 0.310 e. The summed E-state index contributed by atoms with van der Waals surface area (Å²) in [5, 5.41) is 2.64. The van der Waals surface area contributed by atoms with Crippen LogP contribution in [0.5, 0.6) is 0 Å². The van der Waals surface area contributed by atoms with Crippen LogP contribution in [-0.4, -0.2) is 0 Å². The number of hydrogen-bond donors (Lipinski definition) is 0. The van der Waals surface area contributed by atoms with Gasteiger partial charge in [-0.2, -0.15) is 0 Å². The number of anilines is 3. The zero-order valence-corrected chi connectivity index (χ0v) is 34.0. The predicted molar refractivity (Wildman–Crippen MR) is 250 cm³/mol. The van der Waals surface area contributed by atoms with Gasteiger partial charge in [-0.1, -0.05) is 198 Å². The fourth-order valence-electron chi connectivity index (χ4n) is 10.3. The molecule has 9 aromatic carbocycles. The Morgan fingerprint density at radius 1 is 0.339 bits per heavy atom. The molecule has 282 valence electrons. The van der Waals surface area contributed by atoms with Crippen molar-refractivity contribution in [3.05, 3.63) is 222 Å². The highest BCUT2D eigenvalue weighted by Gasteiger charge is 2.39. The minimum Gasteiger partial charge on any atom is -0.310 e. The third-order valence-electron chi connectivity index (χ3n) is 13.3. The summed E-state index contributed by atoms with van der Waals surface area (Å²) in [7, 11) is 0. The molecule has 0 saturated carbocycles. The second-order valence-corrected chi connectivity index (χ2v) is 17.3. The van der Waals surface area contributed by atoms with E-state index in [0.717, 1.165) is 11.4 Å². The van der Waals surface area contributed by atoms with Crippen molar-refractivity contribution in [2.24, 2.45) is 0 Å². The monoisotopic (exact) mass is 755 g/mol. The molecule has 11 rings (SSSR count). The highest BCUT2D eigenvalue weighted by atomic mass is 15.1. The Balaban J connectivity index is 1.12. The maximum absolute atomic E-state index is 2.53. The highest BCUT2D eigenvalue weighted by molar-refractivity contribution is 6.10. The lowest BCUT2D eigenvalue weighted by atomic mass is 9.66. The highest BCUT2D eigenvalue weighted by Crippen LogP contribution is 2.57. The molecule has 0 spiro atoms. The Labute approximate surface area is 347 Å². The quantitative estimate of drug-likeness (QED) is 0.163. The van der Waals surface area contributed by atoms with E-state index in [1.807, 2.05) is 0 Å². The second-order valence-electron chi connectivity index (χ2n) is 17.3. The van der Waals surface area contributed by atoms with Crippen LogP contribution in [0.15, 0.2) is 200 Å². The third-order valence-corrected chi connectivity index (χ3v) is 13.3. The van der Waals surface area contributed by atoms with Crippen LogP contribution < -0.4 is 4.90 Å². The summed E-state index contributed by atoms with van der Waals surface area (Å²) in [5.74, 6) is 0. The van der Waals surface area contributed by atoms with Crippen molar-refractivity contribution in [1.82, 2.24) is 0 Å². The predicted octanol–water partition coefficient (Wildman–Crippen LogP) is 15.9. The minimum absolute atomic E-state index is 0.127. The van der Waals surface area contributed by atoms with Crippen molar-refractivity contribution in [1.29, 1.82) is 0 Å². The van der Waals surface area contributed by atoms with E-state index in [2.05, 4.69) is 233 Å². The van der Waals surface area contributed by atoms with Gasteiger partial charge >= 0.3 is 0 Å². The van der Waals surface area contributed by atoms with Crippen LogP contribution in [0, 0.1) is 0 Å². The van der Waals surface area contributed by atoms with E-state index >= 15 is 0 Å². The number of nitrogens with zero attached hydrogens (tertiary/aromatic N) is 1. The van der Waals surface area contributed by atoms with E-state index in [0.29, 0.717) is 0 Å². The van der Waals surface area contributed by atoms with Gasteiger partial charge in [-0.25, -0.2) is 0 Å². The molecule has 2 aliphatic carbocycles. The van der Waals surface area contributed by atoms with Gasteiger partial charge in [0.25, 0.3) is 0 Å². The molecule has 0 heterocycles. The molecule has 0 radical (unpaired) electrons. The van der Waals surface area contributed by atoms with Crippen molar-refractivity contribution in [3.8, 4) is 55.6 Å². The summed E-state index contributed by atoms with van der Waals surface area (Å²) in [6.07, 6.45) is 0. The van der Waals surface area contributed by atoms with Gasteiger partial charge in [-0.15, -0.1) is 0 Å². The SMILES string of the molecule is CC1(C)c2ccccc2-c2ccc(N(c3ccc(-c4ccc(-c5ccccc5)cc4)cc3)c3cccc4c3C(C)(C)c3cccc5ccc(-c6ccccc6)c-4c35)cc21. The first-order valence-electron chi connectivity index (χ1n) is 20.8. The molecule has 0 atom stereocenters. The molecule has 0 saturated heterocycles. The van der Waals surface area contributed by atoms with Crippen LogP contribution in [0.25, 0.3) is 66.4 Å². The van der Waals surface area contributed by atoms with E-state index in [4.69, 9.17) is 0 Å². The number of benzene rings is 9. The van der Waals surface area contributed by atoms with Crippen LogP contribution in [0.1, 0.15) is 49.9 Å². The van der Waals surface area contributed by atoms with E-state index in [9.17, 15) is 0 Å². The maximum atomic E-state index is 2.53. The fraction of sp³-hybridized carbons (Fsp3) is 0.103. The van der Waals surface area contributed by atoms with Crippen molar-refractivity contribution in [3.63, 3.8) is 0 Å². The first kappa shape index (κ1) is 35.2. The average Bonchev–Trinajstić information content (AvgIpc) is 3.51. The summed E-state index contributed by atoms with van der Waals surface area (Å²) in [5.41, 5.74) is 21.2. The Morgan fingerprint density at radius 3 is 1.58 bits per heavy atom. The van der Waals surface area contributed by atoms with Crippen molar-refractivity contribution in [2.45, 2.75) is 38.5 Å². The second kappa shape index (κ2) is 13.3. The van der Waals surface area contributed by atoms with Crippen molar-refractivity contribution < 1.29 is 0 Å². The fourth-order valence-corrected chi connectivity index (χ4v) is 10.3. The smallest absolute Gasteiger partial charge is 0.0508 e. The van der Waals surface area contributed by atoms with Gasteiger partial charge in [0.1, 0.15) is 0 Å². The normalized spacial score (nSPS) is 14.0. The molecule has 9 aromatic rings. The number of rotatable bonds is 6. The lowest BCUT2D eigenvalue weighted by Crippen LogP contribution is -2.27. The Morgan fingerprint density at radius 2 is 0.864 bits per heavy atom. The van der Waals surface area contributed by atoms with Gasteiger partial charge in [0.2, 0.25) is 0 Å². The Bertz CT molecular complexity index is 3060. The molecule has 0 aliphatic heterocycles. The first-order chi connectivity index (χ1) is 28.8. The minimum atomic E-state index is -0.293. The van der Waals surface area contributed by atoms with E-state index < -0.39 is 0 Å². The molecular formula is C58H45N. The van der Waals surface area contributed by atoms with Crippen LogP contribution in [0.2, 0.25) is 0 Å². The third kappa shape index (κ3) is 5.45. The summed E-state index contributed by atoms with van der Waals surface area (Å²) in [4.78, 5) is 2.53. The van der Waals surface area contributed by atoms with Crippen LogP contribution >= 0.6 is 0 Å². The van der Waals surface area contributed by atoms with Gasteiger partial charge in [0.05, 0.1) is 5.69 Å². The molecule has 1 nitrogen and oxygen atoms in total. The van der Waals surface area contributed by atoms with E-state index in [1.54, 1.807) is 0 Å². The molecule has 2 aliphatic rings. The number of hydrogen-bond acceptors (Lipinski definition) is 1.